The highest BCUT2D eigenvalue weighted by Crippen LogP contribution is 2.41. The summed E-state index contributed by atoms with van der Waals surface area (Å²) in [4.78, 5) is 5.26. The Hall–Kier alpha value is -5.15. The number of ether oxygens (including phenoxy) is 4. The van der Waals surface area contributed by atoms with Crippen LogP contribution >= 0.6 is 0 Å². The van der Waals surface area contributed by atoms with Gasteiger partial charge >= 0.3 is 0 Å². The molecule has 2 N–H and O–H groups in total. The second-order valence-corrected chi connectivity index (χ2v) is 11.6. The van der Waals surface area contributed by atoms with Crippen molar-refractivity contribution in [1.82, 2.24) is 9.55 Å². The molecule has 2 heterocycles. The van der Waals surface area contributed by atoms with E-state index >= 15 is 0 Å². The number of benzene rings is 4. The van der Waals surface area contributed by atoms with Crippen LogP contribution in [-0.2, 0) is 22.4 Å². The third kappa shape index (κ3) is 6.38. The zero-order valence-electron chi connectivity index (χ0n) is 27.3. The predicted octanol–water partition coefficient (Wildman–Crippen LogP) is 7.72. The normalized spacial score (nSPS) is 11.8. The number of fused-ring (bicyclic) bond motifs is 3. The van der Waals surface area contributed by atoms with Crippen molar-refractivity contribution in [3.63, 3.8) is 0 Å². The average Bonchev–Trinajstić information content (AvgIpc) is 3.87. The molecule has 8 nitrogen and oxygen atoms in total. The number of nitrogens with two attached hydrogens (primary N) is 1. The molecule has 0 fully saturated rings. The molecule has 1 aliphatic carbocycles. The van der Waals surface area contributed by atoms with Crippen molar-refractivity contribution in [2.45, 2.75) is 13.0 Å². The molecule has 7 rings (SSSR count). The highest BCUT2D eigenvalue weighted by Gasteiger charge is 2.24. The minimum absolute atomic E-state index is 0.457. The van der Waals surface area contributed by atoms with Crippen molar-refractivity contribution in [3.05, 3.63) is 114 Å². The minimum atomic E-state index is 0.457. The number of imidazole rings is 1. The van der Waals surface area contributed by atoms with E-state index in [2.05, 4.69) is 59.2 Å². The molecule has 244 valence electrons. The van der Waals surface area contributed by atoms with Crippen LogP contribution < -0.4 is 15.2 Å². The van der Waals surface area contributed by atoms with Crippen molar-refractivity contribution in [1.29, 1.82) is 0 Å². The summed E-state index contributed by atoms with van der Waals surface area (Å²) in [5, 5.41) is 0. The van der Waals surface area contributed by atoms with Crippen LogP contribution in [0.2, 0.25) is 0 Å². The maximum atomic E-state index is 6.63. The van der Waals surface area contributed by atoms with Gasteiger partial charge in [-0.3, -0.25) is 0 Å². The van der Waals surface area contributed by atoms with Crippen LogP contribution in [0.25, 0.3) is 56.6 Å². The van der Waals surface area contributed by atoms with Crippen molar-refractivity contribution in [3.8, 4) is 68.0 Å². The van der Waals surface area contributed by atoms with E-state index in [1.165, 1.54) is 22.3 Å². The zero-order valence-corrected chi connectivity index (χ0v) is 27.3. The smallest absolute Gasteiger partial charge is 0.177 e. The third-order valence-electron chi connectivity index (χ3n) is 8.70. The second-order valence-electron chi connectivity index (χ2n) is 11.6. The van der Waals surface area contributed by atoms with E-state index in [1.807, 2.05) is 48.5 Å². The largest absolute Gasteiger partial charge is 0.497 e. The van der Waals surface area contributed by atoms with Gasteiger partial charge in [0.1, 0.15) is 17.3 Å². The number of hydrogen-bond donors (Lipinski definition) is 1. The highest BCUT2D eigenvalue weighted by molar-refractivity contribution is 5.83. The van der Waals surface area contributed by atoms with Crippen LogP contribution in [0.1, 0.15) is 11.1 Å². The first kappa shape index (κ1) is 31.4. The summed E-state index contributed by atoms with van der Waals surface area (Å²) < 4.78 is 31.3. The van der Waals surface area contributed by atoms with E-state index in [0.29, 0.717) is 51.1 Å². The first-order valence-corrected chi connectivity index (χ1v) is 16.2. The molecule has 0 unspecified atom stereocenters. The molecule has 48 heavy (non-hydrogen) atoms. The van der Waals surface area contributed by atoms with Gasteiger partial charge in [0.15, 0.2) is 11.6 Å². The Morgan fingerprint density at radius 1 is 0.667 bits per heavy atom. The molecule has 0 atom stereocenters. The fourth-order valence-electron chi connectivity index (χ4n) is 6.30. The predicted molar refractivity (Wildman–Crippen MR) is 188 cm³/mol. The van der Waals surface area contributed by atoms with E-state index in [-0.39, 0.29) is 0 Å². The van der Waals surface area contributed by atoms with E-state index in [4.69, 9.17) is 34.1 Å². The van der Waals surface area contributed by atoms with Gasteiger partial charge in [0.2, 0.25) is 0 Å². The van der Waals surface area contributed by atoms with Crippen LogP contribution in [-0.4, -0.2) is 56.7 Å². The van der Waals surface area contributed by atoms with Gasteiger partial charge in [0.25, 0.3) is 0 Å². The standard InChI is InChI=1S/C40H39N3O5/c1-44-32-13-9-27(10-14-32)38-39(28-11-15-33(45-2)16-12-28)43(20-22-47-24-23-46-21-19-41)40(42-38)37-18-17-36(48-37)31-8-7-30-25-29-5-3-4-6-34(29)35(30)26-31/h3-18,26H,19-25,41H2,1-2H3. The molecular weight excluding hydrogens is 602 g/mol. The number of aromatic nitrogens is 2. The van der Waals surface area contributed by atoms with Crippen molar-refractivity contribution in [2.75, 3.05) is 47.2 Å². The molecule has 0 bridgehead atoms. The van der Waals surface area contributed by atoms with Crippen LogP contribution in [0, 0.1) is 0 Å². The Morgan fingerprint density at radius 3 is 2.04 bits per heavy atom. The summed E-state index contributed by atoms with van der Waals surface area (Å²) in [7, 11) is 3.34. The first-order valence-electron chi connectivity index (χ1n) is 16.2. The lowest BCUT2D eigenvalue weighted by Gasteiger charge is -2.14. The summed E-state index contributed by atoms with van der Waals surface area (Å²) in [5.74, 6) is 3.74. The lowest BCUT2D eigenvalue weighted by molar-refractivity contribution is 0.0479. The Labute approximate surface area is 280 Å². The maximum absolute atomic E-state index is 6.63. The first-order chi connectivity index (χ1) is 23.7. The maximum Gasteiger partial charge on any atom is 0.177 e. The molecule has 0 spiro atoms. The van der Waals surface area contributed by atoms with Gasteiger partial charge in [-0.2, -0.15) is 0 Å². The summed E-state index contributed by atoms with van der Waals surface area (Å²) >= 11 is 0. The summed E-state index contributed by atoms with van der Waals surface area (Å²) in [5.41, 5.74) is 15.6. The molecule has 0 saturated carbocycles. The summed E-state index contributed by atoms with van der Waals surface area (Å²) in [6, 6.07) is 35.3. The van der Waals surface area contributed by atoms with Crippen LogP contribution in [0.3, 0.4) is 0 Å². The fourth-order valence-corrected chi connectivity index (χ4v) is 6.30. The number of rotatable bonds is 14. The Morgan fingerprint density at radius 2 is 1.31 bits per heavy atom. The number of furan rings is 1. The summed E-state index contributed by atoms with van der Waals surface area (Å²) in [6.07, 6.45) is 0.954. The van der Waals surface area contributed by atoms with Gasteiger partial charge < -0.3 is 33.7 Å². The molecule has 8 heteroatoms. The molecule has 0 radical (unpaired) electrons. The topological polar surface area (TPSA) is 93.9 Å². The molecular formula is C40H39N3O5. The van der Waals surface area contributed by atoms with Crippen molar-refractivity contribution >= 4 is 0 Å². The SMILES string of the molecule is COc1ccc(-c2nc(-c3ccc(-c4ccc5c(c4)-c4ccccc4C5)o3)n(CCOCCOCCN)c2-c2ccc(OC)cc2)cc1. The second kappa shape index (κ2) is 14.3. The molecule has 1 aliphatic rings. The van der Waals surface area contributed by atoms with Gasteiger partial charge in [-0.1, -0.05) is 36.4 Å². The average molecular weight is 642 g/mol. The molecule has 6 aromatic rings. The minimum Gasteiger partial charge on any atom is -0.497 e. The third-order valence-corrected chi connectivity index (χ3v) is 8.70. The Balaban J connectivity index is 1.29. The zero-order chi connectivity index (χ0) is 32.9. The number of nitrogens with zero attached hydrogens (tertiary/aromatic N) is 2. The van der Waals surface area contributed by atoms with Crippen LogP contribution in [0.15, 0.2) is 108 Å². The van der Waals surface area contributed by atoms with Gasteiger partial charge in [-0.15, -0.1) is 0 Å². The van der Waals surface area contributed by atoms with E-state index in [0.717, 1.165) is 51.8 Å². The highest BCUT2D eigenvalue weighted by atomic mass is 16.5. The molecule has 4 aromatic carbocycles. The van der Waals surface area contributed by atoms with Crippen molar-refractivity contribution < 1.29 is 23.4 Å². The van der Waals surface area contributed by atoms with Crippen LogP contribution in [0.5, 0.6) is 11.5 Å². The lowest BCUT2D eigenvalue weighted by Crippen LogP contribution is -2.14. The van der Waals surface area contributed by atoms with Gasteiger partial charge in [-0.25, -0.2) is 4.98 Å². The van der Waals surface area contributed by atoms with E-state index < -0.39 is 0 Å². The van der Waals surface area contributed by atoms with Gasteiger partial charge in [0.05, 0.1) is 52.0 Å². The van der Waals surface area contributed by atoms with E-state index in [9.17, 15) is 0 Å². The monoisotopic (exact) mass is 641 g/mol. The molecule has 0 aliphatic heterocycles. The van der Waals surface area contributed by atoms with Crippen LogP contribution in [0.4, 0.5) is 0 Å². The molecule has 2 aromatic heterocycles. The number of methoxy groups -OCH3 is 2. The molecule has 0 amide bonds. The van der Waals surface area contributed by atoms with Crippen molar-refractivity contribution in [2.24, 2.45) is 5.73 Å². The fraction of sp³-hybridized carbons (Fsp3) is 0.225. The van der Waals surface area contributed by atoms with Gasteiger partial charge in [0, 0.05) is 29.8 Å². The van der Waals surface area contributed by atoms with E-state index in [1.54, 1.807) is 14.2 Å². The number of hydrogen-bond acceptors (Lipinski definition) is 7. The summed E-state index contributed by atoms with van der Waals surface area (Å²) in [6.45, 7) is 2.96. The Bertz CT molecular complexity index is 1990. The quantitative estimate of drug-likeness (QED) is 0.122. The lowest BCUT2D eigenvalue weighted by atomic mass is 10.0. The molecule has 0 saturated heterocycles. The Kier molecular flexibility index (Phi) is 9.38. The van der Waals surface area contributed by atoms with Gasteiger partial charge in [-0.05, 0) is 95.4 Å².